The highest BCUT2D eigenvalue weighted by Crippen LogP contribution is 2.60. The number of anilines is 1. The van der Waals surface area contributed by atoms with Gasteiger partial charge in [0, 0.05) is 18.2 Å². The van der Waals surface area contributed by atoms with Gasteiger partial charge in [-0.05, 0) is 82.3 Å². The summed E-state index contributed by atoms with van der Waals surface area (Å²) in [5, 5.41) is 2.90. The predicted octanol–water partition coefficient (Wildman–Crippen LogP) is 3.30. The van der Waals surface area contributed by atoms with Crippen LogP contribution in [0, 0.1) is 23.2 Å². The van der Waals surface area contributed by atoms with E-state index in [0.717, 1.165) is 24.9 Å². The molecule has 2 atom stereocenters. The summed E-state index contributed by atoms with van der Waals surface area (Å²) in [4.78, 5) is 39.8. The van der Waals surface area contributed by atoms with E-state index >= 15 is 0 Å². The van der Waals surface area contributed by atoms with Crippen molar-refractivity contribution in [2.75, 3.05) is 11.9 Å². The number of carbonyl (C=O) groups is 3. The maximum atomic E-state index is 13.1. The minimum absolute atomic E-state index is 0.00793. The molecular weight excluding hydrogens is 380 g/mol. The highest BCUT2D eigenvalue weighted by atomic mass is 16.5. The normalized spacial score (nSPS) is 31.0. The van der Waals surface area contributed by atoms with E-state index in [0.29, 0.717) is 17.8 Å². The Morgan fingerprint density at radius 1 is 1.00 bits per heavy atom. The first-order chi connectivity index (χ1) is 14.3. The van der Waals surface area contributed by atoms with Crippen molar-refractivity contribution in [3.63, 3.8) is 0 Å². The molecule has 5 rings (SSSR count). The Labute approximate surface area is 178 Å². The van der Waals surface area contributed by atoms with Gasteiger partial charge in [-0.2, -0.15) is 0 Å². The first kappa shape index (κ1) is 20.9. The second-order valence-electron chi connectivity index (χ2n) is 9.70. The van der Waals surface area contributed by atoms with Gasteiger partial charge in [-0.3, -0.25) is 9.59 Å². The predicted molar refractivity (Wildman–Crippen MR) is 114 cm³/mol. The van der Waals surface area contributed by atoms with Crippen LogP contribution in [-0.2, 0) is 19.1 Å². The molecule has 0 aliphatic heterocycles. The number of carbonyl (C=O) groups excluding carboxylic acids is 3. The maximum absolute atomic E-state index is 13.1. The standard InChI is InChI=1S/C24H32N2O4/c1-15(22(28)30-16(2)21(27)26(3)20-7-5-4-6-8-20)25-23(29)24-12-17-9-18(13-24)11-19(10-17)14-24/h4-8,15-19H,9-14H2,1-3H3,(H,25,29)/t15-,16+,17?,18?,19?,24?/m0/s1. The van der Waals surface area contributed by atoms with Crippen molar-refractivity contribution >= 4 is 23.5 Å². The number of ether oxygens (including phenoxy) is 1. The second-order valence-corrected chi connectivity index (χ2v) is 9.70. The molecule has 162 valence electrons. The van der Waals surface area contributed by atoms with E-state index in [9.17, 15) is 14.4 Å². The Bertz CT molecular complexity index is 786. The molecule has 1 N–H and O–H groups in total. The number of hydrogen-bond acceptors (Lipinski definition) is 4. The van der Waals surface area contributed by atoms with Gasteiger partial charge in [0.1, 0.15) is 6.04 Å². The molecule has 4 aliphatic rings. The van der Waals surface area contributed by atoms with Crippen LogP contribution < -0.4 is 10.2 Å². The van der Waals surface area contributed by atoms with E-state index in [-0.39, 0.29) is 17.2 Å². The summed E-state index contributed by atoms with van der Waals surface area (Å²) >= 11 is 0. The summed E-state index contributed by atoms with van der Waals surface area (Å²) in [6, 6.07) is 8.43. The zero-order valence-corrected chi connectivity index (χ0v) is 18.1. The number of benzene rings is 1. The van der Waals surface area contributed by atoms with Crippen LogP contribution in [0.15, 0.2) is 30.3 Å². The van der Waals surface area contributed by atoms with Crippen molar-refractivity contribution in [2.24, 2.45) is 23.2 Å². The van der Waals surface area contributed by atoms with Crippen LogP contribution in [0.2, 0.25) is 0 Å². The largest absolute Gasteiger partial charge is 0.451 e. The maximum Gasteiger partial charge on any atom is 0.329 e. The molecule has 0 spiro atoms. The molecule has 4 aliphatic carbocycles. The quantitative estimate of drug-likeness (QED) is 0.728. The van der Waals surface area contributed by atoms with Crippen molar-refractivity contribution in [3.8, 4) is 0 Å². The molecular formula is C24H32N2O4. The molecule has 4 saturated carbocycles. The average molecular weight is 413 g/mol. The van der Waals surface area contributed by atoms with Crippen molar-refractivity contribution in [2.45, 2.75) is 64.5 Å². The molecule has 2 amide bonds. The number of rotatable bonds is 6. The van der Waals surface area contributed by atoms with Gasteiger partial charge in [0.2, 0.25) is 5.91 Å². The van der Waals surface area contributed by atoms with E-state index in [4.69, 9.17) is 4.74 Å². The molecule has 4 fully saturated rings. The number of likely N-dealkylation sites (N-methyl/N-ethyl adjacent to an activating group) is 1. The summed E-state index contributed by atoms with van der Waals surface area (Å²) in [5.74, 6) is 1.09. The van der Waals surface area contributed by atoms with Gasteiger partial charge in [0.15, 0.2) is 6.10 Å². The van der Waals surface area contributed by atoms with E-state index in [1.807, 2.05) is 30.3 Å². The van der Waals surface area contributed by atoms with E-state index < -0.39 is 18.1 Å². The van der Waals surface area contributed by atoms with Crippen LogP contribution in [0.5, 0.6) is 0 Å². The number of hydrogen-bond donors (Lipinski definition) is 1. The molecule has 0 unspecified atom stereocenters. The molecule has 6 nitrogen and oxygen atoms in total. The lowest BCUT2D eigenvalue weighted by Gasteiger charge is -2.55. The van der Waals surface area contributed by atoms with Crippen molar-refractivity contribution in [3.05, 3.63) is 30.3 Å². The first-order valence-corrected chi connectivity index (χ1v) is 11.1. The first-order valence-electron chi connectivity index (χ1n) is 11.1. The van der Waals surface area contributed by atoms with E-state index in [2.05, 4.69) is 5.32 Å². The minimum atomic E-state index is -0.929. The van der Waals surface area contributed by atoms with Crippen molar-refractivity contribution in [1.29, 1.82) is 0 Å². The number of para-hydroxylation sites is 1. The fourth-order valence-corrected chi connectivity index (χ4v) is 6.18. The highest BCUT2D eigenvalue weighted by Gasteiger charge is 2.54. The summed E-state index contributed by atoms with van der Waals surface area (Å²) in [6.07, 6.45) is 5.70. The highest BCUT2D eigenvalue weighted by molar-refractivity contribution is 5.97. The number of nitrogens with zero attached hydrogens (tertiary/aromatic N) is 1. The molecule has 0 heterocycles. The Morgan fingerprint density at radius 2 is 1.53 bits per heavy atom. The number of nitrogens with one attached hydrogen (secondary N) is 1. The van der Waals surface area contributed by atoms with Gasteiger partial charge < -0.3 is 15.0 Å². The Hall–Kier alpha value is -2.37. The molecule has 1 aromatic rings. The summed E-state index contributed by atoms with van der Waals surface area (Å²) < 4.78 is 5.39. The Balaban J connectivity index is 1.32. The van der Waals surface area contributed by atoms with Crippen LogP contribution in [0.4, 0.5) is 5.69 Å². The van der Waals surface area contributed by atoms with Crippen molar-refractivity contribution in [1.82, 2.24) is 5.32 Å². The third kappa shape index (κ3) is 3.96. The smallest absolute Gasteiger partial charge is 0.329 e. The monoisotopic (exact) mass is 412 g/mol. The van der Waals surface area contributed by atoms with Crippen LogP contribution in [0.1, 0.15) is 52.4 Å². The fourth-order valence-electron chi connectivity index (χ4n) is 6.18. The average Bonchev–Trinajstić information content (AvgIpc) is 2.72. The lowest BCUT2D eigenvalue weighted by atomic mass is 9.49. The van der Waals surface area contributed by atoms with Crippen molar-refractivity contribution < 1.29 is 19.1 Å². The summed E-state index contributed by atoms with van der Waals surface area (Å²) in [5.41, 5.74) is 0.423. The lowest BCUT2D eigenvalue weighted by Crippen LogP contribution is -2.56. The van der Waals surface area contributed by atoms with Crippen LogP contribution >= 0.6 is 0 Å². The molecule has 0 aromatic heterocycles. The zero-order chi connectivity index (χ0) is 21.5. The summed E-state index contributed by atoms with van der Waals surface area (Å²) in [7, 11) is 1.65. The number of esters is 1. The minimum Gasteiger partial charge on any atom is -0.451 e. The molecule has 30 heavy (non-hydrogen) atoms. The van der Waals surface area contributed by atoms with Gasteiger partial charge in [0.25, 0.3) is 5.91 Å². The van der Waals surface area contributed by atoms with Gasteiger partial charge in [-0.15, -0.1) is 0 Å². The lowest BCUT2D eigenvalue weighted by molar-refractivity contribution is -0.159. The third-order valence-corrected chi connectivity index (χ3v) is 7.34. The van der Waals surface area contributed by atoms with E-state index in [1.54, 1.807) is 20.9 Å². The van der Waals surface area contributed by atoms with Gasteiger partial charge in [-0.25, -0.2) is 4.79 Å². The van der Waals surface area contributed by atoms with Gasteiger partial charge in [0.05, 0.1) is 0 Å². The SMILES string of the molecule is C[C@H](NC(=O)C12CC3CC(CC(C3)C1)C2)C(=O)O[C@H](C)C(=O)N(C)c1ccccc1. The molecule has 0 radical (unpaired) electrons. The fraction of sp³-hybridized carbons (Fsp3) is 0.625. The molecule has 1 aromatic carbocycles. The summed E-state index contributed by atoms with van der Waals surface area (Å²) in [6.45, 7) is 3.20. The second kappa shape index (κ2) is 8.05. The number of amides is 2. The molecule has 6 heteroatoms. The van der Waals surface area contributed by atoms with Crippen LogP contribution in [-0.4, -0.2) is 37.0 Å². The van der Waals surface area contributed by atoms with Crippen LogP contribution in [0.25, 0.3) is 0 Å². The van der Waals surface area contributed by atoms with Gasteiger partial charge in [-0.1, -0.05) is 18.2 Å². The van der Waals surface area contributed by atoms with E-state index in [1.165, 1.54) is 24.2 Å². The Kier molecular flexibility index (Phi) is 5.60. The van der Waals surface area contributed by atoms with Gasteiger partial charge >= 0.3 is 5.97 Å². The third-order valence-electron chi connectivity index (χ3n) is 7.34. The Morgan fingerprint density at radius 3 is 2.07 bits per heavy atom. The topological polar surface area (TPSA) is 75.7 Å². The zero-order valence-electron chi connectivity index (χ0n) is 18.1. The van der Waals surface area contributed by atoms with Crippen LogP contribution in [0.3, 0.4) is 0 Å². The molecule has 4 bridgehead atoms. The molecule has 0 saturated heterocycles.